The molecule has 128 valence electrons. The number of hydrogen-bond donors (Lipinski definition) is 2. The van der Waals surface area contributed by atoms with Crippen molar-refractivity contribution in [2.45, 2.75) is 38.3 Å². The van der Waals surface area contributed by atoms with Gasteiger partial charge in [-0.25, -0.2) is 13.2 Å². The smallest absolute Gasteiger partial charge is 0.410 e. The number of carbonyl (C=O) groups is 2. The average Bonchev–Trinajstić information content (AvgIpc) is 2.19. The van der Waals surface area contributed by atoms with Crippen LogP contribution in [0.4, 0.5) is 4.79 Å². The molecule has 0 aromatic rings. The number of sulfone groups is 1. The predicted octanol–water partition coefficient (Wildman–Crippen LogP) is 0.0848. The molecule has 0 spiro atoms. The molecule has 1 heterocycles. The summed E-state index contributed by atoms with van der Waals surface area (Å²) in [4.78, 5) is 24.3. The monoisotopic (exact) mass is 336 g/mol. The molecule has 1 aliphatic rings. The maximum Gasteiger partial charge on any atom is 0.410 e. The minimum atomic E-state index is -3.13. The number of rotatable bonds is 6. The molecule has 1 rings (SSSR count). The third kappa shape index (κ3) is 6.18. The minimum absolute atomic E-state index is 0.0825. The van der Waals surface area contributed by atoms with Crippen LogP contribution in [0.15, 0.2) is 0 Å². The lowest BCUT2D eigenvalue weighted by Gasteiger charge is -2.49. The zero-order chi connectivity index (χ0) is 17.2. The van der Waals surface area contributed by atoms with E-state index in [4.69, 9.17) is 9.84 Å². The molecule has 1 aliphatic heterocycles. The lowest BCUT2D eigenvalue weighted by atomic mass is 9.86. The summed E-state index contributed by atoms with van der Waals surface area (Å²) in [6.07, 6.45) is 0.431. The largest absolute Gasteiger partial charge is 0.481 e. The van der Waals surface area contributed by atoms with Crippen molar-refractivity contribution in [3.8, 4) is 0 Å². The Hall–Kier alpha value is -1.35. The molecule has 0 radical (unpaired) electrons. The van der Waals surface area contributed by atoms with E-state index in [2.05, 4.69) is 5.32 Å². The number of carbonyl (C=O) groups excluding carboxylic acids is 1. The van der Waals surface area contributed by atoms with E-state index in [-0.39, 0.29) is 31.8 Å². The van der Waals surface area contributed by atoms with E-state index in [1.54, 1.807) is 20.8 Å². The van der Waals surface area contributed by atoms with E-state index >= 15 is 0 Å². The van der Waals surface area contributed by atoms with Gasteiger partial charge in [0.2, 0.25) is 0 Å². The number of ether oxygens (including phenoxy) is 1. The Kier molecular flexibility index (Phi) is 5.45. The zero-order valence-electron chi connectivity index (χ0n) is 13.4. The van der Waals surface area contributed by atoms with E-state index in [0.29, 0.717) is 0 Å². The van der Waals surface area contributed by atoms with Crippen LogP contribution in [0.3, 0.4) is 0 Å². The van der Waals surface area contributed by atoms with Gasteiger partial charge in [0.1, 0.15) is 15.4 Å². The molecule has 0 aromatic carbocycles. The second-order valence-electron chi connectivity index (χ2n) is 6.74. The van der Waals surface area contributed by atoms with Crippen LogP contribution in [0.5, 0.6) is 0 Å². The molecule has 1 saturated heterocycles. The molecule has 0 saturated carbocycles. The molecule has 9 heteroatoms. The van der Waals surface area contributed by atoms with Crippen LogP contribution < -0.4 is 5.32 Å². The predicted molar refractivity (Wildman–Crippen MR) is 80.5 cm³/mol. The van der Waals surface area contributed by atoms with E-state index in [9.17, 15) is 18.0 Å². The Labute approximate surface area is 130 Å². The molecule has 0 unspecified atom stereocenters. The van der Waals surface area contributed by atoms with Gasteiger partial charge >= 0.3 is 12.1 Å². The van der Waals surface area contributed by atoms with Crippen LogP contribution in [0.25, 0.3) is 0 Å². The van der Waals surface area contributed by atoms with Crippen molar-refractivity contribution in [2.24, 2.45) is 0 Å². The maximum atomic E-state index is 11.9. The summed E-state index contributed by atoms with van der Waals surface area (Å²) in [7, 11) is -3.13. The topological polar surface area (TPSA) is 113 Å². The van der Waals surface area contributed by atoms with Gasteiger partial charge < -0.3 is 20.1 Å². The fourth-order valence-electron chi connectivity index (χ4n) is 2.22. The van der Waals surface area contributed by atoms with Crippen molar-refractivity contribution < 1.29 is 27.9 Å². The fourth-order valence-corrected chi connectivity index (χ4v) is 2.69. The third-order valence-corrected chi connectivity index (χ3v) is 4.05. The van der Waals surface area contributed by atoms with Gasteiger partial charge in [-0.15, -0.1) is 0 Å². The lowest BCUT2D eigenvalue weighted by Crippen LogP contribution is -2.71. The quantitative estimate of drug-likeness (QED) is 0.706. The Bertz CT molecular complexity index is 531. The van der Waals surface area contributed by atoms with Gasteiger partial charge in [-0.3, -0.25) is 4.79 Å². The number of nitrogens with zero attached hydrogens (tertiary/aromatic N) is 1. The van der Waals surface area contributed by atoms with Gasteiger partial charge in [0.25, 0.3) is 0 Å². The van der Waals surface area contributed by atoms with Gasteiger partial charge in [-0.1, -0.05) is 0 Å². The number of likely N-dealkylation sites (tertiary alicyclic amines) is 1. The van der Waals surface area contributed by atoms with Crippen molar-refractivity contribution in [1.29, 1.82) is 0 Å². The van der Waals surface area contributed by atoms with Crippen LogP contribution in [-0.2, 0) is 19.4 Å². The van der Waals surface area contributed by atoms with Crippen molar-refractivity contribution in [3.63, 3.8) is 0 Å². The van der Waals surface area contributed by atoms with Crippen LogP contribution in [-0.4, -0.2) is 73.3 Å². The zero-order valence-corrected chi connectivity index (χ0v) is 14.2. The van der Waals surface area contributed by atoms with Crippen LogP contribution >= 0.6 is 0 Å². The van der Waals surface area contributed by atoms with Gasteiger partial charge in [0, 0.05) is 25.9 Å². The molecule has 1 amide bonds. The Balaban J connectivity index is 2.59. The van der Waals surface area contributed by atoms with Crippen molar-refractivity contribution in [1.82, 2.24) is 10.2 Å². The molecule has 1 fully saturated rings. The Morgan fingerprint density at radius 2 is 1.86 bits per heavy atom. The van der Waals surface area contributed by atoms with Gasteiger partial charge in [-0.05, 0) is 20.8 Å². The fraction of sp³-hybridized carbons (Fsp3) is 0.846. The summed E-state index contributed by atoms with van der Waals surface area (Å²) >= 11 is 0. The third-order valence-electron chi connectivity index (χ3n) is 3.10. The van der Waals surface area contributed by atoms with Crippen molar-refractivity contribution in [3.05, 3.63) is 0 Å². The highest BCUT2D eigenvalue weighted by Crippen LogP contribution is 2.26. The van der Waals surface area contributed by atoms with Crippen LogP contribution in [0.2, 0.25) is 0 Å². The van der Waals surface area contributed by atoms with Gasteiger partial charge in [0.05, 0.1) is 17.7 Å². The second kappa shape index (κ2) is 6.41. The van der Waals surface area contributed by atoms with Crippen molar-refractivity contribution >= 4 is 21.9 Å². The standard InChI is InChI=1S/C13H24N2O6S/c1-12(2,3)21-11(18)15-8-13(9-15,7-10(16)17)14-5-6-22(4,19)20/h14H,5-9H2,1-4H3,(H,16,17). The highest BCUT2D eigenvalue weighted by atomic mass is 32.2. The SMILES string of the molecule is CC(C)(C)OC(=O)N1CC(CC(=O)O)(NCCS(C)(=O)=O)C1. The molecule has 0 atom stereocenters. The minimum Gasteiger partial charge on any atom is -0.481 e. The number of nitrogens with one attached hydrogen (secondary N) is 1. The van der Waals surface area contributed by atoms with Crippen LogP contribution in [0.1, 0.15) is 27.2 Å². The summed E-state index contributed by atoms with van der Waals surface area (Å²) in [5, 5.41) is 12.0. The lowest BCUT2D eigenvalue weighted by molar-refractivity contribution is -0.141. The summed E-state index contributed by atoms with van der Waals surface area (Å²) in [5.74, 6) is -1.09. The number of amides is 1. The second-order valence-corrected chi connectivity index (χ2v) is 9.00. The number of hydrogen-bond acceptors (Lipinski definition) is 6. The summed E-state index contributed by atoms with van der Waals surface area (Å²) in [6, 6.07) is 0. The highest BCUT2D eigenvalue weighted by Gasteiger charge is 2.47. The molecule has 2 N–H and O–H groups in total. The number of carboxylic acids is 1. The molecule has 8 nitrogen and oxygen atoms in total. The molecular formula is C13H24N2O6S. The Morgan fingerprint density at radius 3 is 2.27 bits per heavy atom. The number of carboxylic acid groups (broad SMARTS) is 1. The summed E-state index contributed by atoms with van der Waals surface area (Å²) < 4.78 is 27.5. The normalized spacial score (nSPS) is 17.7. The first-order valence-corrected chi connectivity index (χ1v) is 9.00. The first kappa shape index (κ1) is 18.7. The average molecular weight is 336 g/mol. The highest BCUT2D eigenvalue weighted by molar-refractivity contribution is 7.90. The van der Waals surface area contributed by atoms with E-state index in [1.165, 1.54) is 4.90 Å². The first-order valence-electron chi connectivity index (χ1n) is 6.94. The molecular weight excluding hydrogens is 312 g/mol. The van der Waals surface area contributed by atoms with Gasteiger partial charge in [-0.2, -0.15) is 0 Å². The van der Waals surface area contributed by atoms with E-state index in [1.807, 2.05) is 0 Å². The molecule has 0 bridgehead atoms. The first-order chi connectivity index (χ1) is 9.82. The van der Waals surface area contributed by atoms with Crippen LogP contribution in [0, 0.1) is 0 Å². The Morgan fingerprint density at radius 1 is 1.32 bits per heavy atom. The maximum absolute atomic E-state index is 11.9. The number of aliphatic carboxylic acids is 1. The van der Waals surface area contributed by atoms with Gasteiger partial charge in [0.15, 0.2) is 0 Å². The molecule has 0 aliphatic carbocycles. The molecule has 22 heavy (non-hydrogen) atoms. The summed E-state index contributed by atoms with van der Waals surface area (Å²) in [6.45, 7) is 5.75. The van der Waals surface area contributed by atoms with E-state index < -0.39 is 33.0 Å². The van der Waals surface area contributed by atoms with E-state index in [0.717, 1.165) is 6.26 Å². The van der Waals surface area contributed by atoms with Crippen molar-refractivity contribution in [2.75, 3.05) is 31.6 Å². The summed E-state index contributed by atoms with van der Waals surface area (Å²) in [5.41, 5.74) is -1.42. The molecule has 0 aromatic heterocycles.